The van der Waals surface area contributed by atoms with Gasteiger partial charge in [-0.15, -0.1) is 0 Å². The molecule has 0 aliphatic heterocycles. The van der Waals surface area contributed by atoms with Gasteiger partial charge in [-0.1, -0.05) is 111 Å². The molecule has 2 amide bonds. The summed E-state index contributed by atoms with van der Waals surface area (Å²) in [4.78, 5) is 29.7. The molecule has 0 bridgehead atoms. The van der Waals surface area contributed by atoms with E-state index in [0.717, 1.165) is 42.8 Å². The van der Waals surface area contributed by atoms with E-state index in [0.29, 0.717) is 23.5 Å². The summed E-state index contributed by atoms with van der Waals surface area (Å²) >= 11 is 0. The third kappa shape index (κ3) is 11.0. The lowest BCUT2D eigenvalue weighted by Crippen LogP contribution is -2.44. The highest BCUT2D eigenvalue weighted by atomic mass is 16.5. The van der Waals surface area contributed by atoms with Crippen LogP contribution >= 0.6 is 0 Å². The van der Waals surface area contributed by atoms with Crippen LogP contribution in [0.1, 0.15) is 137 Å². The average molecular weight is 630 g/mol. The van der Waals surface area contributed by atoms with Gasteiger partial charge in [-0.3, -0.25) is 14.5 Å². The smallest absolute Gasteiger partial charge is 0.265 e. The Bertz CT molecular complexity index is 1380. The van der Waals surface area contributed by atoms with Gasteiger partial charge >= 0.3 is 0 Å². The molecule has 2 aromatic carbocycles. The molecular formula is C40H57N2O4+. The highest BCUT2D eigenvalue weighted by Gasteiger charge is 2.30. The molecule has 1 heterocycles. The van der Waals surface area contributed by atoms with Crippen LogP contribution in [0.3, 0.4) is 0 Å². The highest BCUT2D eigenvalue weighted by molar-refractivity contribution is 6.11. The first-order chi connectivity index (χ1) is 22.2. The number of ether oxygens (including phenoxy) is 2. The molecule has 6 heteroatoms. The summed E-state index contributed by atoms with van der Waals surface area (Å²) in [6.45, 7) is 12.3. The minimum absolute atomic E-state index is 0.137. The van der Waals surface area contributed by atoms with Crippen molar-refractivity contribution in [2.75, 3.05) is 13.7 Å². The van der Waals surface area contributed by atoms with Crippen molar-refractivity contribution in [1.29, 1.82) is 0 Å². The fourth-order valence-corrected chi connectivity index (χ4v) is 5.78. The second-order valence-corrected chi connectivity index (χ2v) is 13.3. The first kappa shape index (κ1) is 36.8. The Morgan fingerprint density at radius 1 is 0.739 bits per heavy atom. The van der Waals surface area contributed by atoms with Crippen molar-refractivity contribution < 1.29 is 23.6 Å². The molecule has 0 aliphatic rings. The van der Waals surface area contributed by atoms with Crippen LogP contribution < -0.4 is 14.0 Å². The normalized spacial score (nSPS) is 11.3. The zero-order chi connectivity index (χ0) is 33.4. The summed E-state index contributed by atoms with van der Waals surface area (Å²) in [6.07, 6.45) is 15.7. The van der Waals surface area contributed by atoms with Crippen LogP contribution in [0.25, 0.3) is 0 Å². The average Bonchev–Trinajstić information content (AvgIpc) is 3.06. The van der Waals surface area contributed by atoms with Crippen molar-refractivity contribution in [2.45, 2.75) is 124 Å². The van der Waals surface area contributed by atoms with Crippen LogP contribution in [0.15, 0.2) is 66.9 Å². The molecule has 0 radical (unpaired) electrons. The minimum atomic E-state index is -0.395. The molecule has 3 aromatic rings. The van der Waals surface area contributed by atoms with Crippen molar-refractivity contribution in [3.63, 3.8) is 0 Å². The molecule has 0 fully saturated rings. The Balaban J connectivity index is 1.79. The first-order valence-corrected chi connectivity index (χ1v) is 17.4. The van der Waals surface area contributed by atoms with Crippen LogP contribution in [0.5, 0.6) is 11.5 Å². The van der Waals surface area contributed by atoms with Crippen LogP contribution in [0, 0.1) is 0 Å². The van der Waals surface area contributed by atoms with Gasteiger partial charge in [0, 0.05) is 29.7 Å². The summed E-state index contributed by atoms with van der Waals surface area (Å²) in [5.41, 5.74) is 2.38. The molecule has 0 saturated carbocycles. The summed E-state index contributed by atoms with van der Waals surface area (Å²) in [5, 5.41) is 0. The van der Waals surface area contributed by atoms with Crippen molar-refractivity contribution in [3.05, 3.63) is 89.2 Å². The van der Waals surface area contributed by atoms with E-state index < -0.39 is 5.91 Å². The van der Waals surface area contributed by atoms with Gasteiger partial charge in [0.1, 0.15) is 24.6 Å². The SMILES string of the molecule is CCCCCCCCCCCCOc1ccc(C(=O)N(Cc2cccc[n+]2CCC)C(=O)c2ccccc2OC)cc1C(C)(C)C. The Morgan fingerprint density at radius 3 is 2.04 bits per heavy atom. The molecule has 0 atom stereocenters. The quantitative estimate of drug-likeness (QED) is 0.0753. The maximum Gasteiger partial charge on any atom is 0.265 e. The number of rotatable bonds is 19. The Hall–Kier alpha value is -3.67. The molecule has 46 heavy (non-hydrogen) atoms. The molecule has 0 saturated heterocycles. The third-order valence-electron chi connectivity index (χ3n) is 8.44. The predicted molar refractivity (Wildman–Crippen MR) is 187 cm³/mol. The van der Waals surface area contributed by atoms with Gasteiger partial charge in [-0.2, -0.15) is 0 Å². The number of hydrogen-bond acceptors (Lipinski definition) is 4. The van der Waals surface area contributed by atoms with E-state index in [1.807, 2.05) is 42.6 Å². The van der Waals surface area contributed by atoms with Crippen LogP contribution in [-0.2, 0) is 18.5 Å². The van der Waals surface area contributed by atoms with E-state index >= 15 is 0 Å². The molecule has 0 unspecified atom stereocenters. The summed E-state index contributed by atoms with van der Waals surface area (Å²) < 4.78 is 13.9. The molecule has 6 nitrogen and oxygen atoms in total. The van der Waals surface area contributed by atoms with Crippen molar-refractivity contribution >= 4 is 11.8 Å². The summed E-state index contributed by atoms with van der Waals surface area (Å²) in [7, 11) is 1.54. The lowest BCUT2D eigenvalue weighted by molar-refractivity contribution is -0.704. The molecule has 3 rings (SSSR count). The van der Waals surface area contributed by atoms with Crippen molar-refractivity contribution in [3.8, 4) is 11.5 Å². The number of unbranched alkanes of at least 4 members (excludes halogenated alkanes) is 9. The summed E-state index contributed by atoms with van der Waals surface area (Å²) in [6, 6.07) is 18.5. The number of amides is 2. The Labute approximate surface area is 278 Å². The van der Waals surface area contributed by atoms with Gasteiger partial charge < -0.3 is 9.47 Å². The van der Waals surface area contributed by atoms with Crippen LogP contribution in [-0.4, -0.2) is 30.4 Å². The van der Waals surface area contributed by atoms with Gasteiger partial charge in [-0.05, 0) is 42.2 Å². The standard InChI is InChI=1S/C40H57N2O4/c1-7-9-10-11-12-13-14-15-16-21-29-46-37-26-25-32(30-35(37)40(3,4)5)38(43)42(31-33-22-19-20-28-41(33)27-8-2)39(44)34-23-17-18-24-36(34)45-6/h17-20,22-26,28,30H,7-16,21,27,29,31H2,1-6H3/q+1. The van der Waals surface area contributed by atoms with Gasteiger partial charge in [0.05, 0.1) is 19.3 Å². The second kappa shape index (κ2) is 19.1. The van der Waals surface area contributed by atoms with Crippen molar-refractivity contribution in [2.24, 2.45) is 0 Å². The number of nitrogens with zero attached hydrogens (tertiary/aromatic N) is 2. The van der Waals surface area contributed by atoms with Gasteiger partial charge in [0.15, 0.2) is 6.20 Å². The molecule has 0 N–H and O–H groups in total. The predicted octanol–water partition coefficient (Wildman–Crippen LogP) is 9.47. The summed E-state index contributed by atoms with van der Waals surface area (Å²) in [5.74, 6) is 0.486. The number of aryl methyl sites for hydroxylation is 1. The van der Waals surface area contributed by atoms with E-state index in [9.17, 15) is 9.59 Å². The number of carbonyl (C=O) groups is 2. The van der Waals surface area contributed by atoms with E-state index in [-0.39, 0.29) is 17.9 Å². The number of hydrogen-bond donors (Lipinski definition) is 0. The topological polar surface area (TPSA) is 59.7 Å². The fraction of sp³-hybridized carbons (Fsp3) is 0.525. The van der Waals surface area contributed by atoms with E-state index in [1.165, 1.54) is 63.4 Å². The number of para-hydroxylation sites is 1. The third-order valence-corrected chi connectivity index (χ3v) is 8.44. The molecule has 250 valence electrons. The maximum atomic E-state index is 14.3. The highest BCUT2D eigenvalue weighted by Crippen LogP contribution is 2.33. The van der Waals surface area contributed by atoms with Gasteiger partial charge in [-0.25, -0.2) is 4.57 Å². The molecule has 0 spiro atoms. The zero-order valence-corrected chi connectivity index (χ0v) is 29.3. The number of pyridine rings is 1. The lowest BCUT2D eigenvalue weighted by atomic mass is 9.85. The van der Waals surface area contributed by atoms with Crippen LogP contribution in [0.4, 0.5) is 0 Å². The number of carbonyl (C=O) groups excluding carboxylic acids is 2. The lowest BCUT2D eigenvalue weighted by Gasteiger charge is -2.25. The fourth-order valence-electron chi connectivity index (χ4n) is 5.78. The maximum absolute atomic E-state index is 14.3. The Morgan fingerprint density at radius 2 is 1.39 bits per heavy atom. The van der Waals surface area contributed by atoms with Gasteiger partial charge in [0.25, 0.3) is 11.8 Å². The Kier molecular flexibility index (Phi) is 15.3. The number of methoxy groups -OCH3 is 1. The molecule has 0 aliphatic carbocycles. The molecule has 1 aromatic heterocycles. The van der Waals surface area contributed by atoms with E-state index in [4.69, 9.17) is 9.47 Å². The minimum Gasteiger partial charge on any atom is -0.496 e. The van der Waals surface area contributed by atoms with Crippen LogP contribution in [0.2, 0.25) is 0 Å². The zero-order valence-electron chi connectivity index (χ0n) is 29.3. The first-order valence-electron chi connectivity index (χ1n) is 17.4. The number of aromatic nitrogens is 1. The number of benzene rings is 2. The molecular weight excluding hydrogens is 572 g/mol. The monoisotopic (exact) mass is 629 g/mol. The van der Waals surface area contributed by atoms with Crippen molar-refractivity contribution in [1.82, 2.24) is 4.90 Å². The second-order valence-electron chi connectivity index (χ2n) is 13.3. The largest absolute Gasteiger partial charge is 0.496 e. The van der Waals surface area contributed by atoms with Gasteiger partial charge in [0.2, 0.25) is 5.69 Å². The van der Waals surface area contributed by atoms with E-state index in [2.05, 4.69) is 39.2 Å². The number of imide groups is 1. The van der Waals surface area contributed by atoms with E-state index in [1.54, 1.807) is 24.3 Å².